The minimum Gasteiger partial charge on any atom is -0.395 e. The van der Waals surface area contributed by atoms with Crippen molar-refractivity contribution in [1.29, 1.82) is 0 Å². The Kier molecular flexibility index (Phi) is 5.24. The fourth-order valence-electron chi connectivity index (χ4n) is 3.34. The van der Waals surface area contributed by atoms with Crippen LogP contribution in [-0.2, 0) is 13.6 Å². The minimum absolute atomic E-state index is 0.603. The van der Waals surface area contributed by atoms with Crippen molar-refractivity contribution in [2.45, 2.75) is 70.8 Å². The van der Waals surface area contributed by atoms with Gasteiger partial charge < -0.3 is 13.6 Å². The van der Waals surface area contributed by atoms with Crippen molar-refractivity contribution in [2.24, 2.45) is 5.92 Å². The molecule has 3 atom stereocenters. The lowest BCUT2D eigenvalue weighted by Crippen LogP contribution is -2.38. The first-order chi connectivity index (χ1) is 8.68. The Labute approximate surface area is 112 Å². The highest BCUT2D eigenvalue weighted by molar-refractivity contribution is 6.66. The predicted octanol–water partition coefficient (Wildman–Crippen LogP) is 3.48. The van der Waals surface area contributed by atoms with Crippen molar-refractivity contribution in [3.05, 3.63) is 0 Å². The van der Waals surface area contributed by atoms with E-state index in [1.165, 1.54) is 32.1 Å². The molecule has 1 heterocycles. The van der Waals surface area contributed by atoms with E-state index >= 15 is 0 Å². The number of epoxide rings is 1. The summed E-state index contributed by atoms with van der Waals surface area (Å²) < 4.78 is 17.5. The molecular weight excluding hydrogens is 244 g/mol. The molecule has 0 aromatic carbocycles. The summed E-state index contributed by atoms with van der Waals surface area (Å²) in [5.74, 6) is 0.810. The van der Waals surface area contributed by atoms with E-state index in [1.807, 2.05) is 0 Å². The van der Waals surface area contributed by atoms with Gasteiger partial charge in [-0.3, -0.25) is 0 Å². The Hall–Kier alpha value is 0.0969. The number of hydrogen-bond donors (Lipinski definition) is 0. The SMILES string of the molecule is CCO[Si](C)(CCCC1CCCC2OC12)OCC. The van der Waals surface area contributed by atoms with Crippen molar-refractivity contribution in [2.75, 3.05) is 13.2 Å². The zero-order valence-electron chi connectivity index (χ0n) is 12.1. The molecule has 0 amide bonds. The molecule has 0 aromatic rings. The second-order valence-electron chi connectivity index (χ2n) is 5.72. The Morgan fingerprint density at radius 2 is 1.89 bits per heavy atom. The molecule has 1 aliphatic carbocycles. The lowest BCUT2D eigenvalue weighted by atomic mass is 9.86. The summed E-state index contributed by atoms with van der Waals surface area (Å²) in [6.45, 7) is 7.89. The molecule has 1 saturated heterocycles. The van der Waals surface area contributed by atoms with E-state index < -0.39 is 8.56 Å². The zero-order chi connectivity index (χ0) is 13.0. The highest BCUT2D eigenvalue weighted by Crippen LogP contribution is 2.43. The van der Waals surface area contributed by atoms with Gasteiger partial charge in [-0.25, -0.2) is 0 Å². The van der Waals surface area contributed by atoms with Crippen LogP contribution in [0, 0.1) is 5.92 Å². The molecule has 2 fully saturated rings. The van der Waals surface area contributed by atoms with Gasteiger partial charge in [0.05, 0.1) is 12.2 Å². The van der Waals surface area contributed by atoms with E-state index in [9.17, 15) is 0 Å². The second-order valence-corrected chi connectivity index (χ2v) is 9.07. The first-order valence-electron chi connectivity index (χ1n) is 7.62. The van der Waals surface area contributed by atoms with E-state index in [1.54, 1.807) is 0 Å². The molecular formula is C14H28O3Si. The maximum absolute atomic E-state index is 5.88. The number of hydrogen-bond acceptors (Lipinski definition) is 3. The Balaban J connectivity index is 1.69. The smallest absolute Gasteiger partial charge is 0.334 e. The molecule has 1 aliphatic heterocycles. The zero-order valence-corrected chi connectivity index (χ0v) is 13.1. The fraction of sp³-hybridized carbons (Fsp3) is 1.00. The van der Waals surface area contributed by atoms with Crippen LogP contribution in [0.15, 0.2) is 0 Å². The lowest BCUT2D eigenvalue weighted by Gasteiger charge is -2.27. The van der Waals surface area contributed by atoms with Gasteiger partial charge in [-0.2, -0.15) is 0 Å². The van der Waals surface area contributed by atoms with Crippen molar-refractivity contribution >= 4 is 8.56 Å². The maximum Gasteiger partial charge on any atom is 0.334 e. The summed E-state index contributed by atoms with van der Waals surface area (Å²) >= 11 is 0. The molecule has 3 nitrogen and oxygen atoms in total. The number of fused-ring (bicyclic) bond motifs is 1. The average Bonchev–Trinajstić information content (AvgIpc) is 3.09. The summed E-state index contributed by atoms with van der Waals surface area (Å²) in [5, 5.41) is 0. The first-order valence-corrected chi connectivity index (χ1v) is 10.1. The quantitative estimate of drug-likeness (QED) is 0.501. The summed E-state index contributed by atoms with van der Waals surface area (Å²) in [6.07, 6.45) is 7.77. The van der Waals surface area contributed by atoms with Crippen molar-refractivity contribution in [1.82, 2.24) is 0 Å². The average molecular weight is 272 g/mol. The standard InChI is InChI=1S/C14H28O3Si/c1-4-15-18(3,16-5-2)11-7-9-12-8-6-10-13-14(12)17-13/h12-14H,4-11H2,1-3H3. The first kappa shape index (κ1) is 14.5. The molecule has 4 heteroatoms. The van der Waals surface area contributed by atoms with Crippen molar-refractivity contribution in [3.8, 4) is 0 Å². The highest BCUT2D eigenvalue weighted by Gasteiger charge is 2.46. The van der Waals surface area contributed by atoms with Gasteiger partial charge in [0.25, 0.3) is 0 Å². The maximum atomic E-state index is 5.88. The third-order valence-corrected chi connectivity index (χ3v) is 7.32. The molecule has 0 radical (unpaired) electrons. The topological polar surface area (TPSA) is 31.0 Å². The van der Waals surface area contributed by atoms with Gasteiger partial charge in [0, 0.05) is 13.2 Å². The molecule has 0 spiro atoms. The van der Waals surface area contributed by atoms with Gasteiger partial charge in [0.15, 0.2) is 0 Å². The fourth-order valence-corrected chi connectivity index (χ4v) is 5.78. The van der Waals surface area contributed by atoms with E-state index in [2.05, 4.69) is 20.4 Å². The Morgan fingerprint density at radius 1 is 1.17 bits per heavy atom. The van der Waals surface area contributed by atoms with Crippen LogP contribution in [0.4, 0.5) is 0 Å². The van der Waals surface area contributed by atoms with Crippen LogP contribution in [0.25, 0.3) is 0 Å². The predicted molar refractivity (Wildman–Crippen MR) is 74.9 cm³/mol. The molecule has 18 heavy (non-hydrogen) atoms. The summed E-state index contributed by atoms with van der Waals surface area (Å²) in [4.78, 5) is 0. The molecule has 0 aromatic heterocycles. The monoisotopic (exact) mass is 272 g/mol. The van der Waals surface area contributed by atoms with Crippen molar-refractivity contribution in [3.63, 3.8) is 0 Å². The van der Waals surface area contributed by atoms with Gasteiger partial charge in [0.1, 0.15) is 0 Å². The van der Waals surface area contributed by atoms with Crippen LogP contribution < -0.4 is 0 Å². The Morgan fingerprint density at radius 3 is 2.56 bits per heavy atom. The molecule has 106 valence electrons. The van der Waals surface area contributed by atoms with E-state index in [0.29, 0.717) is 12.2 Å². The highest BCUT2D eigenvalue weighted by atomic mass is 28.4. The van der Waals surface area contributed by atoms with E-state index in [-0.39, 0.29) is 0 Å². The van der Waals surface area contributed by atoms with Gasteiger partial charge in [0.2, 0.25) is 0 Å². The number of rotatable bonds is 8. The van der Waals surface area contributed by atoms with Gasteiger partial charge >= 0.3 is 8.56 Å². The molecule has 2 rings (SSSR count). The van der Waals surface area contributed by atoms with E-state index in [4.69, 9.17) is 13.6 Å². The third kappa shape index (κ3) is 3.79. The van der Waals surface area contributed by atoms with Crippen LogP contribution in [0.1, 0.15) is 46.0 Å². The van der Waals surface area contributed by atoms with E-state index in [0.717, 1.165) is 25.2 Å². The van der Waals surface area contributed by atoms with Crippen molar-refractivity contribution < 1.29 is 13.6 Å². The van der Waals surface area contributed by atoms with Crippen LogP contribution in [0.2, 0.25) is 12.6 Å². The molecule has 0 bridgehead atoms. The third-order valence-electron chi connectivity index (χ3n) is 4.26. The largest absolute Gasteiger partial charge is 0.395 e. The molecule has 3 unspecified atom stereocenters. The van der Waals surface area contributed by atoms with Gasteiger partial charge in [-0.05, 0) is 51.6 Å². The summed E-state index contributed by atoms with van der Waals surface area (Å²) in [6, 6.07) is 1.13. The van der Waals surface area contributed by atoms with Gasteiger partial charge in [-0.1, -0.05) is 12.8 Å². The summed E-state index contributed by atoms with van der Waals surface area (Å²) in [7, 11) is -1.88. The van der Waals surface area contributed by atoms with Crippen LogP contribution >= 0.6 is 0 Å². The number of ether oxygens (including phenoxy) is 1. The minimum atomic E-state index is -1.88. The van der Waals surface area contributed by atoms with Crippen LogP contribution in [-0.4, -0.2) is 34.0 Å². The second kappa shape index (κ2) is 6.50. The van der Waals surface area contributed by atoms with Gasteiger partial charge in [-0.15, -0.1) is 0 Å². The lowest BCUT2D eigenvalue weighted by molar-refractivity contribution is 0.186. The Bertz CT molecular complexity index is 253. The molecule has 2 aliphatic rings. The van der Waals surface area contributed by atoms with Crippen LogP contribution in [0.5, 0.6) is 0 Å². The normalized spacial score (nSPS) is 31.2. The molecule has 0 N–H and O–H groups in total. The van der Waals surface area contributed by atoms with Crippen LogP contribution in [0.3, 0.4) is 0 Å². The summed E-state index contributed by atoms with van der Waals surface area (Å²) in [5.41, 5.74) is 0. The molecule has 1 saturated carbocycles.